The zero-order valence-electron chi connectivity index (χ0n) is 14.1. The van der Waals surface area contributed by atoms with Crippen LogP contribution in [-0.2, 0) is 4.74 Å². The van der Waals surface area contributed by atoms with Crippen LogP contribution < -0.4 is 5.32 Å². The maximum Gasteiger partial charge on any atom is 0.193 e. The molecule has 5 nitrogen and oxygen atoms in total. The van der Waals surface area contributed by atoms with Crippen LogP contribution in [0, 0.1) is 5.41 Å². The zero-order valence-corrected chi connectivity index (χ0v) is 17.2. The van der Waals surface area contributed by atoms with Gasteiger partial charge in [-0.15, -0.1) is 24.0 Å². The molecule has 0 aromatic rings. The van der Waals surface area contributed by atoms with Crippen molar-refractivity contribution in [1.29, 1.82) is 0 Å². The topological polar surface area (TPSA) is 57.1 Å². The molecular weight excluding hydrogens is 425 g/mol. The van der Waals surface area contributed by atoms with E-state index < -0.39 is 5.60 Å². The largest absolute Gasteiger partial charge is 0.387 e. The molecule has 134 valence electrons. The monoisotopic (exact) mass is 455 g/mol. The smallest absolute Gasteiger partial charge is 0.193 e. The highest BCUT2D eigenvalue weighted by Crippen LogP contribution is 2.37. The Kier molecular flexibility index (Phi) is 7.31. The highest BCUT2D eigenvalue weighted by atomic mass is 127. The molecule has 0 aromatic heterocycles. The summed E-state index contributed by atoms with van der Waals surface area (Å²) in [5, 5.41) is 13.9. The van der Waals surface area contributed by atoms with Crippen molar-refractivity contribution in [2.45, 2.75) is 37.7 Å². The van der Waals surface area contributed by atoms with Crippen LogP contribution >= 0.6 is 35.7 Å². The van der Waals surface area contributed by atoms with E-state index in [1.54, 1.807) is 0 Å². The molecule has 0 saturated carbocycles. The van der Waals surface area contributed by atoms with Gasteiger partial charge in [0.15, 0.2) is 5.96 Å². The van der Waals surface area contributed by atoms with Crippen LogP contribution in [-0.4, -0.2) is 73.0 Å². The number of hydrogen-bond donors (Lipinski definition) is 2. The fraction of sp³-hybridized carbons (Fsp3) is 0.938. The van der Waals surface area contributed by atoms with E-state index in [2.05, 4.69) is 15.2 Å². The lowest BCUT2D eigenvalue weighted by molar-refractivity contribution is -0.0372. The Morgan fingerprint density at radius 3 is 2.83 bits per heavy atom. The first-order chi connectivity index (χ1) is 10.6. The predicted molar refractivity (Wildman–Crippen MR) is 107 cm³/mol. The van der Waals surface area contributed by atoms with Crippen LogP contribution in [0.2, 0.25) is 0 Å². The molecule has 2 N–H and O–H groups in total. The van der Waals surface area contributed by atoms with Crippen molar-refractivity contribution in [3.8, 4) is 0 Å². The normalized spacial score (nSPS) is 35.2. The number of halogens is 1. The predicted octanol–water partition coefficient (Wildman–Crippen LogP) is 1.94. The molecule has 0 aliphatic carbocycles. The van der Waals surface area contributed by atoms with Crippen LogP contribution in [0.1, 0.15) is 32.1 Å². The number of thioether (sulfide) groups is 1. The summed E-state index contributed by atoms with van der Waals surface area (Å²) in [7, 11) is 1.84. The summed E-state index contributed by atoms with van der Waals surface area (Å²) in [5.41, 5.74) is -0.254. The Labute approximate surface area is 161 Å². The van der Waals surface area contributed by atoms with Crippen molar-refractivity contribution in [2.75, 3.05) is 51.4 Å². The van der Waals surface area contributed by atoms with Crippen molar-refractivity contribution in [3.05, 3.63) is 0 Å². The van der Waals surface area contributed by atoms with Gasteiger partial charge in [0.25, 0.3) is 0 Å². The van der Waals surface area contributed by atoms with Gasteiger partial charge in [0.05, 0.1) is 12.2 Å². The number of nitrogens with zero attached hydrogens (tertiary/aromatic N) is 2. The Balaban J connectivity index is 0.00000192. The molecule has 23 heavy (non-hydrogen) atoms. The lowest BCUT2D eigenvalue weighted by atomic mass is 9.76. The van der Waals surface area contributed by atoms with Gasteiger partial charge >= 0.3 is 0 Å². The van der Waals surface area contributed by atoms with Crippen LogP contribution in [0.3, 0.4) is 0 Å². The number of likely N-dealkylation sites (tertiary alicyclic amines) is 1. The van der Waals surface area contributed by atoms with Crippen molar-refractivity contribution in [3.63, 3.8) is 0 Å². The van der Waals surface area contributed by atoms with E-state index in [9.17, 15) is 5.11 Å². The summed E-state index contributed by atoms with van der Waals surface area (Å²) in [6, 6.07) is 0. The maximum absolute atomic E-state index is 10.5. The second kappa shape index (κ2) is 8.58. The van der Waals surface area contributed by atoms with E-state index in [1.165, 1.54) is 25.7 Å². The Morgan fingerprint density at radius 1 is 1.35 bits per heavy atom. The summed E-state index contributed by atoms with van der Waals surface area (Å²) in [6.45, 7) is 4.49. The first kappa shape index (κ1) is 19.6. The second-order valence-electron chi connectivity index (χ2n) is 7.11. The number of aliphatic hydroxyl groups is 1. The third kappa shape index (κ3) is 4.89. The average molecular weight is 455 g/mol. The van der Waals surface area contributed by atoms with E-state index in [0.29, 0.717) is 12.0 Å². The average Bonchev–Trinajstić information content (AvgIpc) is 2.96. The van der Waals surface area contributed by atoms with Gasteiger partial charge in [-0.05, 0) is 37.9 Å². The van der Waals surface area contributed by atoms with Gasteiger partial charge in [-0.2, -0.15) is 11.8 Å². The number of aliphatic imine (C=N–C) groups is 1. The zero-order chi connectivity index (χ0) is 15.5. The summed E-state index contributed by atoms with van der Waals surface area (Å²) in [6.07, 6.45) is 5.78. The van der Waals surface area contributed by atoms with Crippen molar-refractivity contribution in [2.24, 2.45) is 10.4 Å². The fourth-order valence-electron chi connectivity index (χ4n) is 3.93. The molecule has 3 fully saturated rings. The Bertz CT molecular complexity index is 405. The molecule has 0 amide bonds. The molecule has 2 unspecified atom stereocenters. The number of piperidine rings is 1. The molecule has 3 saturated heterocycles. The molecule has 0 aromatic carbocycles. The van der Waals surface area contributed by atoms with E-state index in [-0.39, 0.29) is 24.0 Å². The Morgan fingerprint density at radius 2 is 2.17 bits per heavy atom. The Hall–Kier alpha value is 0.270. The number of ether oxygens (including phenoxy) is 1. The molecular formula is C16H30IN3O2S. The van der Waals surface area contributed by atoms with E-state index in [1.807, 2.05) is 18.8 Å². The van der Waals surface area contributed by atoms with Gasteiger partial charge < -0.3 is 20.1 Å². The number of nitrogens with one attached hydrogen (secondary N) is 1. The molecule has 7 heteroatoms. The number of hydrogen-bond acceptors (Lipinski definition) is 4. The first-order valence-corrected chi connectivity index (χ1v) is 9.64. The highest BCUT2D eigenvalue weighted by molar-refractivity contribution is 14.0. The van der Waals surface area contributed by atoms with E-state index >= 15 is 0 Å². The number of guanidine groups is 1. The van der Waals surface area contributed by atoms with Gasteiger partial charge in [0.1, 0.15) is 0 Å². The second-order valence-corrected chi connectivity index (χ2v) is 8.21. The van der Waals surface area contributed by atoms with Gasteiger partial charge in [-0.25, -0.2) is 0 Å². The van der Waals surface area contributed by atoms with Gasteiger partial charge in [-0.3, -0.25) is 4.99 Å². The quantitative estimate of drug-likeness (QED) is 0.379. The molecule has 1 spiro atoms. The molecule has 3 rings (SSSR count). The van der Waals surface area contributed by atoms with E-state index in [4.69, 9.17) is 4.74 Å². The first-order valence-electron chi connectivity index (χ1n) is 8.48. The standard InChI is InChI=1S/C16H29N3O2S.HI/c1-17-14(18-10-16(20)6-9-22-13-16)19-7-2-4-15(11-19)5-3-8-21-12-15;/h20H,2-13H2,1H3,(H,17,18);1H. The summed E-state index contributed by atoms with van der Waals surface area (Å²) < 4.78 is 5.75. The van der Waals surface area contributed by atoms with Crippen molar-refractivity contribution < 1.29 is 9.84 Å². The maximum atomic E-state index is 10.5. The lowest BCUT2D eigenvalue weighted by Gasteiger charge is -2.46. The third-order valence-corrected chi connectivity index (χ3v) is 6.47. The molecule has 0 radical (unpaired) electrons. The highest BCUT2D eigenvalue weighted by Gasteiger charge is 2.39. The van der Waals surface area contributed by atoms with Crippen molar-refractivity contribution in [1.82, 2.24) is 10.2 Å². The van der Waals surface area contributed by atoms with Crippen LogP contribution in [0.25, 0.3) is 0 Å². The molecule has 3 heterocycles. The van der Waals surface area contributed by atoms with Gasteiger partial charge in [-0.1, -0.05) is 0 Å². The fourth-order valence-corrected chi connectivity index (χ4v) is 5.23. The van der Waals surface area contributed by atoms with Crippen molar-refractivity contribution >= 4 is 41.7 Å². The summed E-state index contributed by atoms with van der Waals surface area (Å²) in [4.78, 5) is 6.82. The lowest BCUT2D eigenvalue weighted by Crippen LogP contribution is -2.55. The molecule has 3 aliphatic heterocycles. The van der Waals surface area contributed by atoms with Gasteiger partial charge in [0, 0.05) is 44.5 Å². The van der Waals surface area contributed by atoms with Gasteiger partial charge in [0.2, 0.25) is 0 Å². The van der Waals surface area contributed by atoms with Crippen LogP contribution in [0.4, 0.5) is 0 Å². The third-order valence-electron chi connectivity index (χ3n) is 5.23. The minimum atomic E-state index is -0.567. The SMILES string of the molecule is CN=C(NCC1(O)CCSC1)N1CCCC2(CCCOC2)C1.I. The molecule has 2 atom stereocenters. The molecule has 3 aliphatic rings. The number of rotatable bonds is 2. The van der Waals surface area contributed by atoms with Crippen LogP contribution in [0.5, 0.6) is 0 Å². The summed E-state index contributed by atoms with van der Waals surface area (Å²) >= 11 is 1.83. The molecule has 0 bridgehead atoms. The minimum absolute atomic E-state index is 0. The van der Waals surface area contributed by atoms with Crippen LogP contribution in [0.15, 0.2) is 4.99 Å². The summed E-state index contributed by atoms with van der Waals surface area (Å²) in [5.74, 6) is 2.82. The van der Waals surface area contributed by atoms with E-state index in [0.717, 1.165) is 50.2 Å². The minimum Gasteiger partial charge on any atom is -0.387 e.